The summed E-state index contributed by atoms with van der Waals surface area (Å²) < 4.78 is 0. The summed E-state index contributed by atoms with van der Waals surface area (Å²) in [7, 11) is 0. The number of hydrogen-bond donors (Lipinski definition) is 0. The smallest absolute Gasteiger partial charge is 0.00490 e. The first-order valence-corrected chi connectivity index (χ1v) is 10.6. The molecule has 0 N–H and O–H groups in total. The van der Waals surface area contributed by atoms with Crippen LogP contribution in [0.3, 0.4) is 0 Å². The van der Waals surface area contributed by atoms with Gasteiger partial charge in [0.1, 0.15) is 0 Å². The van der Waals surface area contributed by atoms with Crippen molar-refractivity contribution in [1.82, 2.24) is 0 Å². The maximum atomic E-state index is 2.39. The Hall–Kier alpha value is -0.300. The molecule has 0 aliphatic heterocycles. The standard InChI is InChI=1S/C21H38S/c1-4-5-6-7-8-9-10-11-12-13-14-15-16-17-21-18-19(2)22-20(21)3/h18H,4-17H2,1-3H3. The van der Waals surface area contributed by atoms with Gasteiger partial charge in [0.05, 0.1) is 0 Å². The quantitative estimate of drug-likeness (QED) is 0.304. The molecule has 0 atom stereocenters. The maximum Gasteiger partial charge on any atom is 0.00490 e. The second kappa shape index (κ2) is 13.2. The van der Waals surface area contributed by atoms with Crippen molar-refractivity contribution in [2.24, 2.45) is 0 Å². The van der Waals surface area contributed by atoms with E-state index in [9.17, 15) is 0 Å². The van der Waals surface area contributed by atoms with E-state index in [2.05, 4.69) is 26.8 Å². The molecule has 0 bridgehead atoms. The van der Waals surface area contributed by atoms with Crippen LogP contribution in [0.1, 0.15) is 106 Å². The van der Waals surface area contributed by atoms with Crippen molar-refractivity contribution in [1.29, 1.82) is 0 Å². The highest BCUT2D eigenvalue weighted by Crippen LogP contribution is 2.22. The van der Waals surface area contributed by atoms with E-state index in [4.69, 9.17) is 0 Å². The van der Waals surface area contributed by atoms with Crippen LogP contribution in [0, 0.1) is 13.8 Å². The van der Waals surface area contributed by atoms with Crippen molar-refractivity contribution in [2.45, 2.75) is 111 Å². The summed E-state index contributed by atoms with van der Waals surface area (Å²) in [6.07, 6.45) is 20.1. The molecule has 0 unspecified atom stereocenters. The molecule has 0 saturated carbocycles. The van der Waals surface area contributed by atoms with Gasteiger partial charge in [0, 0.05) is 9.75 Å². The summed E-state index contributed by atoms with van der Waals surface area (Å²) in [5.41, 5.74) is 1.60. The molecule has 0 aliphatic rings. The Morgan fingerprint density at radius 3 is 1.55 bits per heavy atom. The molecule has 22 heavy (non-hydrogen) atoms. The molecule has 1 heterocycles. The Labute approximate surface area is 143 Å². The van der Waals surface area contributed by atoms with Crippen LogP contribution < -0.4 is 0 Å². The lowest BCUT2D eigenvalue weighted by Gasteiger charge is -2.03. The second-order valence-corrected chi connectivity index (χ2v) is 8.39. The van der Waals surface area contributed by atoms with Crippen LogP contribution in [0.25, 0.3) is 0 Å². The maximum absolute atomic E-state index is 2.39. The van der Waals surface area contributed by atoms with Gasteiger partial charge in [-0.1, -0.05) is 84.0 Å². The number of aryl methyl sites for hydroxylation is 3. The van der Waals surface area contributed by atoms with Gasteiger partial charge in [-0.3, -0.25) is 0 Å². The van der Waals surface area contributed by atoms with Crippen LogP contribution in [0.2, 0.25) is 0 Å². The minimum atomic E-state index is 1.30. The summed E-state index contributed by atoms with van der Waals surface area (Å²) in [4.78, 5) is 3.01. The topological polar surface area (TPSA) is 0 Å². The van der Waals surface area contributed by atoms with E-state index < -0.39 is 0 Å². The molecule has 0 aliphatic carbocycles. The Balaban J connectivity index is 1.81. The lowest BCUT2D eigenvalue weighted by Crippen LogP contribution is -1.86. The van der Waals surface area contributed by atoms with Crippen molar-refractivity contribution in [2.75, 3.05) is 0 Å². The molecule has 0 fully saturated rings. The van der Waals surface area contributed by atoms with Crippen molar-refractivity contribution in [3.05, 3.63) is 21.4 Å². The van der Waals surface area contributed by atoms with E-state index in [-0.39, 0.29) is 0 Å². The lowest BCUT2D eigenvalue weighted by molar-refractivity contribution is 0.539. The van der Waals surface area contributed by atoms with Crippen molar-refractivity contribution in [3.63, 3.8) is 0 Å². The minimum Gasteiger partial charge on any atom is -0.146 e. The Morgan fingerprint density at radius 2 is 1.14 bits per heavy atom. The predicted molar refractivity (Wildman–Crippen MR) is 103 cm³/mol. The number of hydrogen-bond acceptors (Lipinski definition) is 1. The molecular formula is C21H38S. The first-order valence-electron chi connectivity index (χ1n) is 9.80. The van der Waals surface area contributed by atoms with E-state index in [1.165, 1.54) is 99.6 Å². The summed E-state index contributed by atoms with van der Waals surface area (Å²) >= 11 is 1.95. The van der Waals surface area contributed by atoms with Gasteiger partial charge in [-0.05, 0) is 38.3 Å². The normalized spacial score (nSPS) is 11.2. The number of thiophene rings is 1. The Bertz CT molecular complexity index is 364. The zero-order valence-corrected chi connectivity index (χ0v) is 16.2. The molecule has 1 aromatic rings. The minimum absolute atomic E-state index is 1.30. The van der Waals surface area contributed by atoms with Crippen molar-refractivity contribution in [3.8, 4) is 0 Å². The molecule has 0 spiro atoms. The molecule has 1 heteroatoms. The fraction of sp³-hybridized carbons (Fsp3) is 0.810. The van der Waals surface area contributed by atoms with Gasteiger partial charge in [0.2, 0.25) is 0 Å². The Morgan fingerprint density at radius 1 is 0.682 bits per heavy atom. The second-order valence-electron chi connectivity index (χ2n) is 6.93. The fourth-order valence-corrected chi connectivity index (χ4v) is 4.24. The summed E-state index contributed by atoms with van der Waals surface area (Å²) in [6.45, 7) is 6.79. The van der Waals surface area contributed by atoms with Gasteiger partial charge in [0.15, 0.2) is 0 Å². The van der Waals surface area contributed by atoms with Gasteiger partial charge in [-0.15, -0.1) is 11.3 Å². The summed E-state index contributed by atoms with van der Waals surface area (Å²) in [5, 5.41) is 0. The van der Waals surface area contributed by atoms with Crippen LogP contribution in [0.15, 0.2) is 6.07 Å². The van der Waals surface area contributed by atoms with Gasteiger partial charge >= 0.3 is 0 Å². The largest absolute Gasteiger partial charge is 0.146 e. The third-order valence-electron chi connectivity index (χ3n) is 4.69. The molecular weight excluding hydrogens is 284 g/mol. The average Bonchev–Trinajstić information content (AvgIpc) is 2.82. The van der Waals surface area contributed by atoms with Crippen LogP contribution in [0.5, 0.6) is 0 Å². The van der Waals surface area contributed by atoms with E-state index in [1.54, 1.807) is 5.56 Å². The highest BCUT2D eigenvalue weighted by molar-refractivity contribution is 7.12. The summed E-state index contributed by atoms with van der Waals surface area (Å²) in [6, 6.07) is 2.39. The third-order valence-corrected chi connectivity index (χ3v) is 5.70. The summed E-state index contributed by atoms with van der Waals surface area (Å²) in [5.74, 6) is 0. The van der Waals surface area contributed by atoms with Crippen molar-refractivity contribution >= 4 is 11.3 Å². The highest BCUT2D eigenvalue weighted by atomic mass is 32.1. The third kappa shape index (κ3) is 9.66. The van der Waals surface area contributed by atoms with Gasteiger partial charge < -0.3 is 0 Å². The first kappa shape index (κ1) is 19.7. The molecule has 0 nitrogen and oxygen atoms in total. The van der Waals surface area contributed by atoms with E-state index >= 15 is 0 Å². The van der Waals surface area contributed by atoms with Gasteiger partial charge in [-0.25, -0.2) is 0 Å². The van der Waals surface area contributed by atoms with E-state index in [0.29, 0.717) is 0 Å². The average molecular weight is 323 g/mol. The molecule has 0 aromatic carbocycles. The molecule has 1 aromatic heterocycles. The van der Waals surface area contributed by atoms with Crippen LogP contribution >= 0.6 is 11.3 Å². The molecule has 128 valence electrons. The monoisotopic (exact) mass is 322 g/mol. The predicted octanol–water partition coefficient (Wildman–Crippen LogP) is 8.00. The van der Waals surface area contributed by atoms with E-state index in [0.717, 1.165) is 0 Å². The SMILES string of the molecule is CCCCCCCCCCCCCCCc1cc(C)sc1C. The molecule has 0 saturated heterocycles. The zero-order chi connectivity index (χ0) is 16.0. The van der Waals surface area contributed by atoms with Crippen LogP contribution in [-0.2, 0) is 6.42 Å². The zero-order valence-electron chi connectivity index (χ0n) is 15.4. The van der Waals surface area contributed by atoms with Crippen molar-refractivity contribution < 1.29 is 0 Å². The van der Waals surface area contributed by atoms with Gasteiger partial charge in [-0.2, -0.15) is 0 Å². The fourth-order valence-electron chi connectivity index (χ4n) is 3.26. The first-order chi connectivity index (χ1) is 10.7. The molecule has 0 amide bonds. The lowest BCUT2D eigenvalue weighted by atomic mass is 10.0. The molecule has 0 radical (unpaired) electrons. The van der Waals surface area contributed by atoms with Crippen LogP contribution in [-0.4, -0.2) is 0 Å². The Kier molecular flexibility index (Phi) is 11.8. The van der Waals surface area contributed by atoms with E-state index in [1.807, 2.05) is 11.3 Å². The highest BCUT2D eigenvalue weighted by Gasteiger charge is 2.02. The van der Waals surface area contributed by atoms with Crippen LogP contribution in [0.4, 0.5) is 0 Å². The number of rotatable bonds is 14. The number of unbranched alkanes of at least 4 members (excludes halogenated alkanes) is 12. The molecule has 1 rings (SSSR count). The van der Waals surface area contributed by atoms with Gasteiger partial charge in [0.25, 0.3) is 0 Å².